The Labute approximate surface area is 164 Å². The molecule has 2 heterocycles. The molecule has 5 heteroatoms. The highest BCUT2D eigenvalue weighted by Gasteiger charge is 2.08. The maximum atomic E-state index is 6.01. The summed E-state index contributed by atoms with van der Waals surface area (Å²) in [5.41, 5.74) is 5.41. The summed E-state index contributed by atoms with van der Waals surface area (Å²) in [6.45, 7) is 3.96. The first-order chi connectivity index (χ1) is 13.1. The maximum Gasteiger partial charge on any atom is 0.0663 e. The van der Waals surface area contributed by atoms with Crippen molar-refractivity contribution in [3.05, 3.63) is 89.5 Å². The number of nitrogens with zero attached hydrogens (tertiary/aromatic N) is 4. The molecule has 1 aromatic carbocycles. The lowest BCUT2D eigenvalue weighted by Gasteiger charge is -2.09. The van der Waals surface area contributed by atoms with Crippen molar-refractivity contribution in [1.29, 1.82) is 0 Å². The largest absolute Gasteiger partial charge is 0.265 e. The van der Waals surface area contributed by atoms with Crippen molar-refractivity contribution < 1.29 is 0 Å². The molecule has 0 amide bonds. The topological polar surface area (TPSA) is 50.5 Å². The molecule has 3 rings (SSSR count). The Morgan fingerprint density at radius 1 is 0.741 bits per heavy atom. The number of benzene rings is 1. The van der Waals surface area contributed by atoms with E-state index in [2.05, 4.69) is 16.0 Å². The monoisotopic (exact) mass is 374 g/mol. The number of rotatable bonds is 5. The van der Waals surface area contributed by atoms with Crippen molar-refractivity contribution >= 4 is 40.5 Å². The molecule has 0 radical (unpaired) electrons. The molecule has 0 aliphatic carbocycles. The van der Waals surface area contributed by atoms with E-state index in [9.17, 15) is 0 Å². The van der Waals surface area contributed by atoms with E-state index in [1.165, 1.54) is 0 Å². The van der Waals surface area contributed by atoms with E-state index in [0.29, 0.717) is 5.02 Å². The fourth-order valence-electron chi connectivity index (χ4n) is 2.54. The van der Waals surface area contributed by atoms with Crippen molar-refractivity contribution in [3.63, 3.8) is 0 Å². The standard InChI is InChI=1S/C22H19ClN4/c1-16(26-20-7-11-24-12-8-20)22(15-18-3-5-19(23)6-4-18)17(2)27-21-9-13-25-14-10-21/h3-15H,1-2H3. The molecule has 0 unspecified atom stereocenters. The fraction of sp³-hybridized carbons (Fsp3) is 0.0909. The highest BCUT2D eigenvalue weighted by atomic mass is 35.5. The first-order valence-electron chi connectivity index (χ1n) is 8.50. The quantitative estimate of drug-likeness (QED) is 0.506. The fourth-order valence-corrected chi connectivity index (χ4v) is 2.67. The molecular formula is C22H19ClN4. The smallest absolute Gasteiger partial charge is 0.0663 e. The minimum Gasteiger partial charge on any atom is -0.265 e. The van der Waals surface area contributed by atoms with Crippen LogP contribution in [0.5, 0.6) is 0 Å². The van der Waals surface area contributed by atoms with Crippen molar-refractivity contribution in [2.75, 3.05) is 0 Å². The van der Waals surface area contributed by atoms with Crippen LogP contribution in [-0.4, -0.2) is 21.4 Å². The van der Waals surface area contributed by atoms with Crippen LogP contribution in [0, 0.1) is 0 Å². The number of pyridine rings is 2. The molecule has 0 spiro atoms. The number of aliphatic imine (C=N–C) groups is 2. The summed E-state index contributed by atoms with van der Waals surface area (Å²) >= 11 is 6.01. The zero-order valence-electron chi connectivity index (χ0n) is 15.2. The summed E-state index contributed by atoms with van der Waals surface area (Å²) in [5.74, 6) is 0. The minimum absolute atomic E-state index is 0.707. The summed E-state index contributed by atoms with van der Waals surface area (Å²) in [6.07, 6.45) is 8.98. The molecule has 0 N–H and O–H groups in total. The van der Waals surface area contributed by atoms with Gasteiger partial charge in [0, 0.05) is 46.8 Å². The van der Waals surface area contributed by atoms with Crippen molar-refractivity contribution in [2.45, 2.75) is 13.8 Å². The Morgan fingerprint density at radius 3 is 1.63 bits per heavy atom. The van der Waals surface area contributed by atoms with Gasteiger partial charge in [-0.3, -0.25) is 20.0 Å². The second-order valence-electron chi connectivity index (χ2n) is 5.91. The Hall–Kier alpha value is -3.11. The van der Waals surface area contributed by atoms with Crippen LogP contribution < -0.4 is 0 Å². The normalized spacial score (nSPS) is 12.0. The van der Waals surface area contributed by atoms with Gasteiger partial charge in [-0.15, -0.1) is 0 Å². The zero-order valence-corrected chi connectivity index (χ0v) is 15.9. The predicted octanol–water partition coefficient (Wildman–Crippen LogP) is 6.10. The molecule has 2 aromatic heterocycles. The SMILES string of the molecule is CC(=Nc1ccncc1)C(=Cc1ccc(Cl)cc1)C(C)=Nc1ccncc1. The van der Waals surface area contributed by atoms with E-state index < -0.39 is 0 Å². The van der Waals surface area contributed by atoms with Crippen molar-refractivity contribution in [3.8, 4) is 0 Å². The molecule has 0 saturated heterocycles. The zero-order chi connectivity index (χ0) is 19.1. The summed E-state index contributed by atoms with van der Waals surface area (Å²) < 4.78 is 0. The van der Waals surface area contributed by atoms with Crippen LogP contribution in [0.15, 0.2) is 88.9 Å². The van der Waals surface area contributed by atoms with E-state index in [0.717, 1.165) is 33.9 Å². The lowest BCUT2D eigenvalue weighted by molar-refractivity contribution is 1.31. The van der Waals surface area contributed by atoms with Crippen molar-refractivity contribution in [2.24, 2.45) is 9.98 Å². The number of hydrogen-bond acceptors (Lipinski definition) is 4. The van der Waals surface area contributed by atoms with Crippen molar-refractivity contribution in [1.82, 2.24) is 9.97 Å². The highest BCUT2D eigenvalue weighted by Crippen LogP contribution is 2.19. The highest BCUT2D eigenvalue weighted by molar-refractivity contribution is 6.30. The molecule has 0 aliphatic heterocycles. The third-order valence-corrected chi connectivity index (χ3v) is 4.13. The van der Waals surface area contributed by atoms with Crippen LogP contribution in [0.25, 0.3) is 6.08 Å². The molecule has 3 aromatic rings. The van der Waals surface area contributed by atoms with Gasteiger partial charge in [-0.05, 0) is 61.9 Å². The van der Waals surface area contributed by atoms with E-state index in [1.807, 2.05) is 62.4 Å². The molecule has 0 atom stereocenters. The predicted molar refractivity (Wildman–Crippen MR) is 113 cm³/mol. The molecule has 0 bridgehead atoms. The van der Waals surface area contributed by atoms with Crippen LogP contribution in [0.1, 0.15) is 19.4 Å². The van der Waals surface area contributed by atoms with Gasteiger partial charge in [-0.25, -0.2) is 0 Å². The average Bonchev–Trinajstić information content (AvgIpc) is 2.69. The lowest BCUT2D eigenvalue weighted by Crippen LogP contribution is -2.07. The van der Waals surface area contributed by atoms with Gasteiger partial charge in [-0.1, -0.05) is 23.7 Å². The lowest BCUT2D eigenvalue weighted by atomic mass is 10.0. The van der Waals surface area contributed by atoms with E-state index in [1.54, 1.807) is 24.8 Å². The number of aromatic nitrogens is 2. The van der Waals surface area contributed by atoms with E-state index in [-0.39, 0.29) is 0 Å². The molecule has 27 heavy (non-hydrogen) atoms. The second kappa shape index (κ2) is 9.01. The summed E-state index contributed by atoms with van der Waals surface area (Å²) in [4.78, 5) is 17.5. The third kappa shape index (κ3) is 5.43. The van der Waals surface area contributed by atoms with E-state index in [4.69, 9.17) is 21.6 Å². The first kappa shape index (κ1) is 18.7. The van der Waals surface area contributed by atoms with Gasteiger partial charge in [0.2, 0.25) is 0 Å². The Morgan fingerprint density at radius 2 is 1.19 bits per heavy atom. The van der Waals surface area contributed by atoms with Gasteiger partial charge in [0.1, 0.15) is 0 Å². The molecule has 0 aliphatic rings. The van der Waals surface area contributed by atoms with E-state index >= 15 is 0 Å². The van der Waals surface area contributed by atoms with Gasteiger partial charge >= 0.3 is 0 Å². The number of allylic oxidation sites excluding steroid dienone is 1. The molecular weight excluding hydrogens is 356 g/mol. The molecule has 0 fully saturated rings. The summed E-state index contributed by atoms with van der Waals surface area (Å²) in [5, 5.41) is 0.707. The minimum atomic E-state index is 0.707. The average molecular weight is 375 g/mol. The van der Waals surface area contributed by atoms with Crippen LogP contribution in [0.3, 0.4) is 0 Å². The first-order valence-corrected chi connectivity index (χ1v) is 8.88. The Bertz CT molecular complexity index is 918. The van der Waals surface area contributed by atoms with Crippen LogP contribution in [0.2, 0.25) is 5.02 Å². The second-order valence-corrected chi connectivity index (χ2v) is 6.35. The third-order valence-electron chi connectivity index (χ3n) is 3.88. The van der Waals surface area contributed by atoms with Crippen LogP contribution >= 0.6 is 11.6 Å². The number of hydrogen-bond donors (Lipinski definition) is 0. The van der Waals surface area contributed by atoms with Crippen LogP contribution in [-0.2, 0) is 0 Å². The number of halogens is 1. The van der Waals surface area contributed by atoms with Gasteiger partial charge in [-0.2, -0.15) is 0 Å². The summed E-state index contributed by atoms with van der Waals surface area (Å²) in [6, 6.07) is 15.2. The van der Waals surface area contributed by atoms with Crippen LogP contribution in [0.4, 0.5) is 11.4 Å². The van der Waals surface area contributed by atoms with Gasteiger partial charge < -0.3 is 0 Å². The maximum absolute atomic E-state index is 6.01. The Kier molecular flexibility index (Phi) is 6.23. The van der Waals surface area contributed by atoms with Gasteiger partial charge in [0.15, 0.2) is 0 Å². The summed E-state index contributed by atoms with van der Waals surface area (Å²) in [7, 11) is 0. The molecule has 4 nitrogen and oxygen atoms in total. The molecule has 134 valence electrons. The molecule has 0 saturated carbocycles. The Balaban J connectivity index is 2.04. The van der Waals surface area contributed by atoms with Gasteiger partial charge in [0.05, 0.1) is 11.4 Å². The van der Waals surface area contributed by atoms with Gasteiger partial charge in [0.25, 0.3) is 0 Å².